The van der Waals surface area contributed by atoms with Crippen LogP contribution >= 0.6 is 0 Å². The van der Waals surface area contributed by atoms with Crippen LogP contribution in [0.4, 0.5) is 0 Å². The van der Waals surface area contributed by atoms with Crippen LogP contribution in [0.1, 0.15) is 26.7 Å². The van der Waals surface area contributed by atoms with E-state index in [1.165, 1.54) is 0 Å². The molecule has 4 atom stereocenters. The minimum Gasteiger partial charge on any atom is -0.481 e. The second-order valence-corrected chi connectivity index (χ2v) is 4.74. The van der Waals surface area contributed by atoms with Crippen LogP contribution in [0.3, 0.4) is 0 Å². The van der Waals surface area contributed by atoms with E-state index in [9.17, 15) is 9.90 Å². The van der Waals surface area contributed by atoms with Crippen LogP contribution in [-0.4, -0.2) is 21.8 Å². The smallest absolute Gasteiger partial charge is 0.307 e. The molecule has 2 N–H and O–H groups in total. The van der Waals surface area contributed by atoms with Crippen LogP contribution in [0.5, 0.6) is 0 Å². The Bertz CT molecular complexity index is 249. The van der Waals surface area contributed by atoms with Gasteiger partial charge in [0.1, 0.15) is 0 Å². The van der Waals surface area contributed by atoms with Crippen molar-refractivity contribution in [2.75, 3.05) is 0 Å². The molecule has 0 aromatic heterocycles. The molecule has 2 aliphatic rings. The van der Waals surface area contributed by atoms with Gasteiger partial charge in [0.2, 0.25) is 0 Å². The molecule has 0 bridgehead atoms. The average Bonchev–Trinajstić information content (AvgIpc) is 2.66. The zero-order valence-corrected chi connectivity index (χ0v) is 8.03. The highest BCUT2D eigenvalue weighted by atomic mass is 16.4. The minimum atomic E-state index is -0.728. The lowest BCUT2D eigenvalue weighted by Gasteiger charge is -2.29. The predicted molar refractivity (Wildman–Crippen MR) is 47.1 cm³/mol. The Hall–Kier alpha value is -0.570. The molecule has 3 heteroatoms. The van der Waals surface area contributed by atoms with Crippen molar-refractivity contribution in [1.82, 2.24) is 0 Å². The minimum absolute atomic E-state index is 0.0324. The Morgan fingerprint density at radius 2 is 2.15 bits per heavy atom. The number of carboxylic acids is 1. The molecular weight excluding hydrogens is 168 g/mol. The fourth-order valence-corrected chi connectivity index (χ4v) is 2.99. The number of carbonyl (C=O) groups is 1. The van der Waals surface area contributed by atoms with E-state index in [0.717, 1.165) is 12.8 Å². The van der Waals surface area contributed by atoms with Crippen LogP contribution in [0, 0.1) is 23.7 Å². The molecule has 0 amide bonds. The zero-order valence-electron chi connectivity index (χ0n) is 8.03. The Morgan fingerprint density at radius 1 is 1.54 bits per heavy atom. The van der Waals surface area contributed by atoms with Crippen molar-refractivity contribution in [2.45, 2.75) is 32.3 Å². The summed E-state index contributed by atoms with van der Waals surface area (Å²) in [5, 5.41) is 19.1. The number of hydrogen-bond donors (Lipinski definition) is 2. The first-order valence-electron chi connectivity index (χ1n) is 4.93. The van der Waals surface area contributed by atoms with Crippen LogP contribution in [-0.2, 0) is 4.79 Å². The standard InChI is InChI=1S/C10H16O3/c1-5(2)10(13)4-3-6-7(8(6)10)9(11)12/h5-8,13H,3-4H2,1-2H3,(H,11,12). The summed E-state index contributed by atoms with van der Waals surface area (Å²) >= 11 is 0. The number of aliphatic hydroxyl groups is 1. The van der Waals surface area contributed by atoms with E-state index >= 15 is 0 Å². The normalized spacial score (nSPS) is 47.8. The molecule has 2 saturated carbocycles. The van der Waals surface area contributed by atoms with Gasteiger partial charge >= 0.3 is 5.97 Å². The first-order valence-corrected chi connectivity index (χ1v) is 4.93. The van der Waals surface area contributed by atoms with Crippen molar-refractivity contribution in [1.29, 1.82) is 0 Å². The van der Waals surface area contributed by atoms with Crippen molar-refractivity contribution in [3.63, 3.8) is 0 Å². The number of aliphatic carboxylic acids is 1. The molecule has 0 aromatic rings. The highest BCUT2D eigenvalue weighted by molar-refractivity contribution is 5.75. The fourth-order valence-electron chi connectivity index (χ4n) is 2.99. The summed E-state index contributed by atoms with van der Waals surface area (Å²) in [7, 11) is 0. The summed E-state index contributed by atoms with van der Waals surface area (Å²) in [5.41, 5.74) is -0.701. The van der Waals surface area contributed by atoms with Gasteiger partial charge in [0.25, 0.3) is 0 Å². The lowest BCUT2D eigenvalue weighted by Crippen LogP contribution is -2.37. The van der Waals surface area contributed by atoms with Crippen molar-refractivity contribution in [3.05, 3.63) is 0 Å². The third kappa shape index (κ3) is 1.03. The molecule has 0 spiro atoms. The highest BCUT2D eigenvalue weighted by Gasteiger charge is 2.68. The van der Waals surface area contributed by atoms with Gasteiger partial charge in [0.15, 0.2) is 0 Å². The largest absolute Gasteiger partial charge is 0.481 e. The maximum atomic E-state index is 10.8. The Kier molecular flexibility index (Phi) is 1.71. The van der Waals surface area contributed by atoms with Crippen LogP contribution in [0.2, 0.25) is 0 Å². The third-order valence-electron chi connectivity index (χ3n) is 3.91. The Balaban J connectivity index is 2.15. The van der Waals surface area contributed by atoms with Crippen molar-refractivity contribution in [3.8, 4) is 0 Å². The van der Waals surface area contributed by atoms with Gasteiger partial charge in [-0.2, -0.15) is 0 Å². The fraction of sp³-hybridized carbons (Fsp3) is 0.900. The van der Waals surface area contributed by atoms with Crippen LogP contribution < -0.4 is 0 Å². The second-order valence-electron chi connectivity index (χ2n) is 4.74. The second kappa shape index (κ2) is 2.47. The molecule has 74 valence electrons. The van der Waals surface area contributed by atoms with Gasteiger partial charge in [-0.3, -0.25) is 4.79 Å². The third-order valence-corrected chi connectivity index (χ3v) is 3.91. The maximum Gasteiger partial charge on any atom is 0.307 e. The summed E-state index contributed by atoms with van der Waals surface area (Å²) < 4.78 is 0. The SMILES string of the molecule is CC(C)C1(O)CCC2C(C(=O)O)C21. The molecule has 0 aliphatic heterocycles. The van der Waals surface area contributed by atoms with Crippen molar-refractivity contribution >= 4 is 5.97 Å². The van der Waals surface area contributed by atoms with E-state index in [0.29, 0.717) is 0 Å². The van der Waals surface area contributed by atoms with Crippen LogP contribution in [0.25, 0.3) is 0 Å². The summed E-state index contributed by atoms with van der Waals surface area (Å²) in [4.78, 5) is 10.8. The van der Waals surface area contributed by atoms with E-state index in [-0.39, 0.29) is 23.7 Å². The molecule has 0 heterocycles. The first kappa shape index (κ1) is 9.00. The molecular formula is C10H16O3. The molecule has 0 radical (unpaired) electrons. The van der Waals surface area contributed by atoms with Gasteiger partial charge in [-0.1, -0.05) is 13.8 Å². The molecule has 3 nitrogen and oxygen atoms in total. The topological polar surface area (TPSA) is 57.5 Å². The Morgan fingerprint density at radius 3 is 2.54 bits per heavy atom. The average molecular weight is 184 g/mol. The summed E-state index contributed by atoms with van der Waals surface area (Å²) in [6.07, 6.45) is 1.67. The lowest BCUT2D eigenvalue weighted by atomic mass is 9.84. The van der Waals surface area contributed by atoms with Gasteiger partial charge in [-0.05, 0) is 24.7 Å². The van der Waals surface area contributed by atoms with Gasteiger partial charge in [0, 0.05) is 5.92 Å². The van der Waals surface area contributed by atoms with E-state index in [2.05, 4.69) is 0 Å². The molecule has 13 heavy (non-hydrogen) atoms. The summed E-state index contributed by atoms with van der Waals surface area (Å²) in [6.45, 7) is 3.94. The van der Waals surface area contributed by atoms with Gasteiger partial charge in [-0.25, -0.2) is 0 Å². The first-order chi connectivity index (χ1) is 5.98. The highest BCUT2D eigenvalue weighted by Crippen LogP contribution is 2.64. The number of rotatable bonds is 2. The van der Waals surface area contributed by atoms with Gasteiger partial charge < -0.3 is 10.2 Å². The number of fused-ring (bicyclic) bond motifs is 1. The van der Waals surface area contributed by atoms with E-state index < -0.39 is 11.6 Å². The van der Waals surface area contributed by atoms with Crippen molar-refractivity contribution in [2.24, 2.45) is 23.7 Å². The molecule has 2 fully saturated rings. The number of carboxylic acid groups (broad SMARTS) is 1. The zero-order chi connectivity index (χ0) is 9.80. The van der Waals surface area contributed by atoms with E-state index in [1.54, 1.807) is 0 Å². The quantitative estimate of drug-likeness (QED) is 0.676. The van der Waals surface area contributed by atoms with Gasteiger partial charge in [0.05, 0.1) is 11.5 Å². The van der Waals surface area contributed by atoms with Crippen LogP contribution in [0.15, 0.2) is 0 Å². The summed E-state index contributed by atoms with van der Waals surface area (Å²) in [5.74, 6) is -0.531. The molecule has 2 rings (SSSR count). The van der Waals surface area contributed by atoms with Gasteiger partial charge in [-0.15, -0.1) is 0 Å². The Labute approximate surface area is 77.8 Å². The molecule has 0 saturated heterocycles. The predicted octanol–water partition coefficient (Wildman–Crippen LogP) is 1.11. The van der Waals surface area contributed by atoms with E-state index in [1.807, 2.05) is 13.8 Å². The monoisotopic (exact) mass is 184 g/mol. The lowest BCUT2D eigenvalue weighted by molar-refractivity contribution is -0.141. The summed E-state index contributed by atoms with van der Waals surface area (Å²) in [6, 6.07) is 0. The van der Waals surface area contributed by atoms with E-state index in [4.69, 9.17) is 5.11 Å². The maximum absolute atomic E-state index is 10.8. The molecule has 4 unspecified atom stereocenters. The number of hydrogen-bond acceptors (Lipinski definition) is 2. The molecule has 2 aliphatic carbocycles. The molecule has 0 aromatic carbocycles. The van der Waals surface area contributed by atoms with Crippen molar-refractivity contribution < 1.29 is 15.0 Å².